The molecule has 7 heteroatoms. The molecular formula is C15H18N4O3. The first-order chi connectivity index (χ1) is 10.4. The molecule has 0 aliphatic carbocycles. The largest absolute Gasteiger partial charge is 0.478 e. The van der Waals surface area contributed by atoms with Crippen molar-refractivity contribution in [1.29, 1.82) is 0 Å². The highest BCUT2D eigenvalue weighted by molar-refractivity contribution is 6.04. The first kappa shape index (κ1) is 15.7. The topological polar surface area (TPSA) is 97.1 Å². The lowest BCUT2D eigenvalue weighted by atomic mass is 10.0. The standard InChI is InChI=1S/C15H18N4O3/c1-9(2)12(13-16-8-17-19(13)3)18-14(20)10-6-4-5-7-11(10)15(21)22/h4-9,12H,1-3H3,(H,18,20)(H,21,22)/t12-/m0/s1. The van der Waals surface area contributed by atoms with Crippen LogP contribution in [-0.4, -0.2) is 31.7 Å². The predicted molar refractivity (Wildman–Crippen MR) is 79.4 cm³/mol. The summed E-state index contributed by atoms with van der Waals surface area (Å²) in [4.78, 5) is 27.8. The van der Waals surface area contributed by atoms with Crippen molar-refractivity contribution in [2.24, 2.45) is 13.0 Å². The number of aromatic nitrogens is 3. The number of amides is 1. The maximum absolute atomic E-state index is 12.5. The van der Waals surface area contributed by atoms with Crippen molar-refractivity contribution in [3.8, 4) is 0 Å². The van der Waals surface area contributed by atoms with E-state index in [0.717, 1.165) is 0 Å². The van der Waals surface area contributed by atoms with Crippen LogP contribution in [0, 0.1) is 5.92 Å². The zero-order chi connectivity index (χ0) is 16.3. The van der Waals surface area contributed by atoms with E-state index in [1.54, 1.807) is 23.9 Å². The molecule has 2 aromatic rings. The lowest BCUT2D eigenvalue weighted by molar-refractivity contribution is 0.0690. The fourth-order valence-electron chi connectivity index (χ4n) is 2.20. The molecule has 116 valence electrons. The first-order valence-corrected chi connectivity index (χ1v) is 6.89. The van der Waals surface area contributed by atoms with E-state index < -0.39 is 11.9 Å². The highest BCUT2D eigenvalue weighted by atomic mass is 16.4. The van der Waals surface area contributed by atoms with Crippen molar-refractivity contribution < 1.29 is 14.7 Å². The molecule has 1 amide bonds. The van der Waals surface area contributed by atoms with Crippen molar-refractivity contribution in [2.45, 2.75) is 19.9 Å². The monoisotopic (exact) mass is 302 g/mol. The second-order valence-corrected chi connectivity index (χ2v) is 5.29. The second-order valence-electron chi connectivity index (χ2n) is 5.29. The predicted octanol–water partition coefficient (Wildman–Crippen LogP) is 1.64. The summed E-state index contributed by atoms with van der Waals surface area (Å²) in [7, 11) is 1.75. The first-order valence-electron chi connectivity index (χ1n) is 6.89. The van der Waals surface area contributed by atoms with E-state index in [1.807, 2.05) is 13.8 Å². The molecule has 1 atom stereocenters. The van der Waals surface area contributed by atoms with Crippen molar-refractivity contribution in [1.82, 2.24) is 20.1 Å². The Morgan fingerprint density at radius 3 is 2.36 bits per heavy atom. The molecule has 0 bridgehead atoms. The number of carboxylic acid groups (broad SMARTS) is 1. The highest BCUT2D eigenvalue weighted by Gasteiger charge is 2.25. The summed E-state index contributed by atoms with van der Waals surface area (Å²) in [6.45, 7) is 3.89. The smallest absolute Gasteiger partial charge is 0.336 e. The van der Waals surface area contributed by atoms with E-state index >= 15 is 0 Å². The van der Waals surface area contributed by atoms with Gasteiger partial charge in [0.15, 0.2) is 0 Å². The van der Waals surface area contributed by atoms with Gasteiger partial charge in [0.2, 0.25) is 0 Å². The van der Waals surface area contributed by atoms with Gasteiger partial charge in [-0.25, -0.2) is 9.78 Å². The number of carbonyl (C=O) groups is 2. The van der Waals surface area contributed by atoms with Gasteiger partial charge < -0.3 is 10.4 Å². The molecule has 2 rings (SSSR count). The van der Waals surface area contributed by atoms with Crippen LogP contribution in [-0.2, 0) is 7.05 Å². The van der Waals surface area contributed by atoms with Gasteiger partial charge in [0, 0.05) is 7.05 Å². The number of hydrogen-bond donors (Lipinski definition) is 2. The Labute approximate surface area is 128 Å². The molecule has 1 aromatic carbocycles. The quantitative estimate of drug-likeness (QED) is 0.875. The van der Waals surface area contributed by atoms with Gasteiger partial charge in [-0.2, -0.15) is 5.10 Å². The summed E-state index contributed by atoms with van der Waals surface area (Å²) in [5.41, 5.74) is 0.100. The minimum Gasteiger partial charge on any atom is -0.478 e. The highest BCUT2D eigenvalue weighted by Crippen LogP contribution is 2.20. The third-order valence-electron chi connectivity index (χ3n) is 3.38. The molecule has 0 saturated carbocycles. The lowest BCUT2D eigenvalue weighted by Crippen LogP contribution is -2.34. The number of aromatic carboxylic acids is 1. The van der Waals surface area contributed by atoms with Crippen molar-refractivity contribution in [3.05, 3.63) is 47.5 Å². The Balaban J connectivity index is 2.30. The van der Waals surface area contributed by atoms with Crippen LogP contribution in [0.15, 0.2) is 30.6 Å². The number of nitrogens with one attached hydrogen (secondary N) is 1. The number of aryl methyl sites for hydroxylation is 1. The Morgan fingerprint density at radius 1 is 1.23 bits per heavy atom. The fourth-order valence-corrected chi connectivity index (χ4v) is 2.20. The maximum Gasteiger partial charge on any atom is 0.336 e. The summed E-state index contributed by atoms with van der Waals surface area (Å²) in [6.07, 6.45) is 1.42. The molecule has 7 nitrogen and oxygen atoms in total. The van der Waals surface area contributed by atoms with Crippen LogP contribution in [0.2, 0.25) is 0 Å². The molecule has 2 N–H and O–H groups in total. The van der Waals surface area contributed by atoms with Gasteiger partial charge in [-0.15, -0.1) is 0 Å². The van der Waals surface area contributed by atoms with Crippen molar-refractivity contribution >= 4 is 11.9 Å². The summed E-state index contributed by atoms with van der Waals surface area (Å²) in [6, 6.07) is 5.76. The minimum absolute atomic E-state index is 0.0273. The van der Waals surface area contributed by atoms with Crippen LogP contribution in [0.3, 0.4) is 0 Å². The van der Waals surface area contributed by atoms with E-state index in [4.69, 9.17) is 0 Å². The second kappa shape index (κ2) is 6.38. The molecule has 0 aliphatic rings. The average molecular weight is 302 g/mol. The zero-order valence-electron chi connectivity index (χ0n) is 12.6. The van der Waals surface area contributed by atoms with Gasteiger partial charge in [0.1, 0.15) is 12.2 Å². The van der Waals surface area contributed by atoms with Crippen LogP contribution < -0.4 is 5.32 Å². The summed E-state index contributed by atoms with van der Waals surface area (Å²) >= 11 is 0. The van der Waals surface area contributed by atoms with Crippen LogP contribution in [0.4, 0.5) is 0 Å². The van der Waals surface area contributed by atoms with E-state index in [-0.39, 0.29) is 23.1 Å². The van der Waals surface area contributed by atoms with Gasteiger partial charge >= 0.3 is 5.97 Å². The number of nitrogens with zero attached hydrogens (tertiary/aromatic N) is 3. The van der Waals surface area contributed by atoms with Crippen LogP contribution in [0.1, 0.15) is 46.4 Å². The molecule has 0 radical (unpaired) electrons. The van der Waals surface area contributed by atoms with Crippen molar-refractivity contribution in [3.63, 3.8) is 0 Å². The van der Waals surface area contributed by atoms with Crippen LogP contribution in [0.25, 0.3) is 0 Å². The third kappa shape index (κ3) is 3.13. The molecule has 0 unspecified atom stereocenters. The molecule has 22 heavy (non-hydrogen) atoms. The van der Waals surface area contributed by atoms with Gasteiger partial charge in [-0.05, 0) is 18.1 Å². The molecule has 0 aliphatic heterocycles. The Bertz CT molecular complexity index is 694. The van der Waals surface area contributed by atoms with E-state index in [1.165, 1.54) is 18.5 Å². The molecule has 0 saturated heterocycles. The third-order valence-corrected chi connectivity index (χ3v) is 3.38. The van der Waals surface area contributed by atoms with Crippen molar-refractivity contribution in [2.75, 3.05) is 0 Å². The Hall–Kier alpha value is -2.70. The molecule has 0 fully saturated rings. The summed E-state index contributed by atoms with van der Waals surface area (Å²) < 4.78 is 1.59. The average Bonchev–Trinajstić information content (AvgIpc) is 2.90. The minimum atomic E-state index is -1.13. The fraction of sp³-hybridized carbons (Fsp3) is 0.333. The number of benzene rings is 1. The van der Waals surface area contributed by atoms with E-state index in [0.29, 0.717) is 5.82 Å². The van der Waals surface area contributed by atoms with Gasteiger partial charge in [0.05, 0.1) is 17.2 Å². The van der Waals surface area contributed by atoms with E-state index in [2.05, 4.69) is 15.4 Å². The lowest BCUT2D eigenvalue weighted by Gasteiger charge is -2.21. The maximum atomic E-state index is 12.5. The normalized spacial score (nSPS) is 12.2. The van der Waals surface area contributed by atoms with Crippen LogP contribution >= 0.6 is 0 Å². The van der Waals surface area contributed by atoms with Gasteiger partial charge in [-0.3, -0.25) is 9.48 Å². The number of hydrogen-bond acceptors (Lipinski definition) is 4. The zero-order valence-corrected chi connectivity index (χ0v) is 12.6. The molecule has 1 heterocycles. The van der Waals surface area contributed by atoms with Gasteiger partial charge in [0.25, 0.3) is 5.91 Å². The molecule has 0 spiro atoms. The SMILES string of the molecule is CC(C)[C@H](NC(=O)c1ccccc1C(=O)O)c1ncnn1C. The molecular weight excluding hydrogens is 284 g/mol. The Kier molecular flexibility index (Phi) is 4.55. The summed E-state index contributed by atoms with van der Waals surface area (Å²) in [5, 5.41) is 16.0. The van der Waals surface area contributed by atoms with Crippen LogP contribution in [0.5, 0.6) is 0 Å². The number of rotatable bonds is 5. The number of carboxylic acids is 1. The number of carbonyl (C=O) groups excluding carboxylic acids is 1. The molecule has 1 aromatic heterocycles. The van der Waals surface area contributed by atoms with Gasteiger partial charge in [-0.1, -0.05) is 26.0 Å². The van der Waals surface area contributed by atoms with E-state index in [9.17, 15) is 14.7 Å². The summed E-state index contributed by atoms with van der Waals surface area (Å²) in [5.74, 6) is -0.884. The Morgan fingerprint density at radius 2 is 1.86 bits per heavy atom.